The molecule has 0 spiro atoms. The van der Waals surface area contributed by atoms with Crippen molar-refractivity contribution in [3.8, 4) is 22.6 Å². The Morgan fingerprint density at radius 3 is 2.33 bits per heavy atom. The van der Waals surface area contributed by atoms with Crippen LogP contribution in [0.3, 0.4) is 0 Å². The van der Waals surface area contributed by atoms with Gasteiger partial charge in [-0.15, -0.1) is 0 Å². The lowest BCUT2D eigenvalue weighted by Crippen LogP contribution is -2.22. The van der Waals surface area contributed by atoms with Crippen LogP contribution in [0.25, 0.3) is 11.1 Å². The van der Waals surface area contributed by atoms with E-state index in [4.69, 9.17) is 9.47 Å². The van der Waals surface area contributed by atoms with Gasteiger partial charge in [-0.3, -0.25) is 9.78 Å². The minimum Gasteiger partial charge on any atom is -0.454 e. The fourth-order valence-corrected chi connectivity index (χ4v) is 4.85. The van der Waals surface area contributed by atoms with Crippen LogP contribution in [0.2, 0.25) is 0 Å². The Hall–Kier alpha value is -3.07. The second-order valence-corrected chi connectivity index (χ2v) is 10.1. The van der Waals surface area contributed by atoms with E-state index in [-0.39, 0.29) is 18.1 Å². The van der Waals surface area contributed by atoms with Crippen molar-refractivity contribution < 1.29 is 24.0 Å². The highest BCUT2D eigenvalue weighted by atomic mass is 32.2. The molecular formula is C25H26N2O5S. The maximum absolute atomic E-state index is 13.2. The van der Waals surface area contributed by atoms with E-state index in [2.05, 4.69) is 4.98 Å². The summed E-state index contributed by atoms with van der Waals surface area (Å²) in [6, 6.07) is 17.3. The summed E-state index contributed by atoms with van der Waals surface area (Å²) in [5.41, 5.74) is 3.28. The number of benzene rings is 2. The van der Waals surface area contributed by atoms with Crippen molar-refractivity contribution in [1.82, 2.24) is 9.29 Å². The van der Waals surface area contributed by atoms with Gasteiger partial charge in [0.05, 0.1) is 10.3 Å². The summed E-state index contributed by atoms with van der Waals surface area (Å²) >= 11 is 0. The van der Waals surface area contributed by atoms with Crippen LogP contribution in [0, 0.1) is 0 Å². The van der Waals surface area contributed by atoms with E-state index in [0.717, 1.165) is 45.9 Å². The van der Waals surface area contributed by atoms with Crippen LogP contribution in [-0.4, -0.2) is 45.6 Å². The van der Waals surface area contributed by atoms with E-state index in [1.54, 1.807) is 24.6 Å². The molecule has 0 amide bonds. The average Bonchev–Trinajstić information content (AvgIpc) is 3.50. The number of ether oxygens (including phenoxy) is 2. The molecule has 0 saturated heterocycles. The molecule has 33 heavy (non-hydrogen) atoms. The molecule has 2 N–H and O–H groups in total. The number of rotatable bonds is 7. The maximum atomic E-state index is 13.2. The Balaban J connectivity index is 0.00000259. The second-order valence-electron chi connectivity index (χ2n) is 8.37. The van der Waals surface area contributed by atoms with E-state index in [9.17, 15) is 9.00 Å². The molecule has 1 aliphatic heterocycles. The van der Waals surface area contributed by atoms with Gasteiger partial charge in [-0.1, -0.05) is 24.3 Å². The van der Waals surface area contributed by atoms with Crippen LogP contribution < -0.4 is 9.47 Å². The van der Waals surface area contributed by atoms with Crippen molar-refractivity contribution in [2.75, 3.05) is 20.9 Å². The lowest BCUT2D eigenvalue weighted by atomic mass is 9.88. The summed E-state index contributed by atoms with van der Waals surface area (Å²) in [6.45, 7) is 0.228. The average molecular weight is 467 g/mol. The molecule has 1 fully saturated rings. The van der Waals surface area contributed by atoms with Gasteiger partial charge in [0.2, 0.25) is 6.79 Å². The molecule has 5 rings (SSSR count). The monoisotopic (exact) mass is 466 g/mol. The zero-order valence-corrected chi connectivity index (χ0v) is 19.4. The predicted octanol–water partition coefficient (Wildman–Crippen LogP) is 3.08. The van der Waals surface area contributed by atoms with Gasteiger partial charge in [0.25, 0.3) is 0 Å². The maximum Gasteiger partial charge on any atom is 0.231 e. The Morgan fingerprint density at radius 1 is 1.00 bits per heavy atom. The fourth-order valence-electron chi connectivity index (χ4n) is 4.06. The number of fused-ring (bicyclic) bond motifs is 1. The van der Waals surface area contributed by atoms with Gasteiger partial charge in [0.1, 0.15) is 16.8 Å². The highest BCUT2D eigenvalue weighted by Crippen LogP contribution is 2.51. The standard InChI is InChI=1S/C25H24N2O4S.H2O/c1-27(2)32(29)21-8-4-17(5-9-21)18-3-7-20(26-15-18)14-24(28)25(11-12-25)19-6-10-22-23(13-19)31-16-30-22;/h3-10,13,15H,11-12,14,16H2,1-2H3;1H2. The van der Waals surface area contributed by atoms with E-state index in [0.29, 0.717) is 12.2 Å². The molecule has 1 unspecified atom stereocenters. The number of hydrogen-bond donors (Lipinski definition) is 0. The molecule has 0 bridgehead atoms. The van der Waals surface area contributed by atoms with Gasteiger partial charge in [-0.05, 0) is 68.4 Å². The largest absolute Gasteiger partial charge is 0.454 e. The molecule has 1 aromatic heterocycles. The summed E-state index contributed by atoms with van der Waals surface area (Å²) in [5, 5.41) is 0. The number of Topliss-reactive ketones (excluding diaryl/α,β-unsaturated/α-hetero) is 1. The van der Waals surface area contributed by atoms with Gasteiger partial charge in [0.15, 0.2) is 11.5 Å². The third-order valence-electron chi connectivity index (χ3n) is 6.10. The zero-order chi connectivity index (χ0) is 22.3. The lowest BCUT2D eigenvalue weighted by Gasteiger charge is -2.15. The summed E-state index contributed by atoms with van der Waals surface area (Å²) in [4.78, 5) is 18.5. The highest BCUT2D eigenvalue weighted by molar-refractivity contribution is 7.82. The van der Waals surface area contributed by atoms with E-state index < -0.39 is 16.4 Å². The van der Waals surface area contributed by atoms with Crippen molar-refractivity contribution in [3.63, 3.8) is 0 Å². The van der Waals surface area contributed by atoms with Crippen LogP contribution in [-0.2, 0) is 27.6 Å². The van der Waals surface area contributed by atoms with Crippen LogP contribution in [0.5, 0.6) is 11.5 Å². The number of ketones is 1. The summed E-state index contributed by atoms with van der Waals surface area (Å²) in [5.74, 6) is 1.63. The quantitative estimate of drug-likeness (QED) is 0.533. The summed E-state index contributed by atoms with van der Waals surface area (Å²) < 4.78 is 24.7. The first kappa shape index (κ1) is 23.1. The Labute approximate surface area is 195 Å². The van der Waals surface area contributed by atoms with E-state index in [1.165, 1.54) is 0 Å². The number of pyridine rings is 1. The van der Waals surface area contributed by atoms with Crippen LogP contribution >= 0.6 is 0 Å². The second kappa shape index (κ2) is 9.05. The Kier molecular flexibility index (Phi) is 6.34. The minimum absolute atomic E-state index is 0. The van der Waals surface area contributed by atoms with Gasteiger partial charge < -0.3 is 14.9 Å². The normalized spacial score (nSPS) is 16.2. The third-order valence-corrected chi connectivity index (χ3v) is 7.43. The van der Waals surface area contributed by atoms with Crippen molar-refractivity contribution >= 4 is 16.8 Å². The molecule has 7 nitrogen and oxygen atoms in total. The predicted molar refractivity (Wildman–Crippen MR) is 126 cm³/mol. The molecule has 8 heteroatoms. The first-order valence-corrected chi connectivity index (χ1v) is 11.6. The number of carbonyl (C=O) groups is 1. The first-order valence-electron chi connectivity index (χ1n) is 10.5. The van der Waals surface area contributed by atoms with Crippen LogP contribution in [0.4, 0.5) is 0 Å². The minimum atomic E-state index is -1.16. The molecule has 3 aromatic rings. The smallest absolute Gasteiger partial charge is 0.231 e. The van der Waals surface area contributed by atoms with Crippen LogP contribution in [0.1, 0.15) is 24.1 Å². The highest BCUT2D eigenvalue weighted by Gasteiger charge is 2.50. The van der Waals surface area contributed by atoms with Gasteiger partial charge in [-0.25, -0.2) is 8.51 Å². The lowest BCUT2D eigenvalue weighted by molar-refractivity contribution is -0.120. The Bertz CT molecular complexity index is 1190. The molecule has 1 atom stereocenters. The molecular weight excluding hydrogens is 440 g/mol. The van der Waals surface area contributed by atoms with Crippen molar-refractivity contribution in [3.05, 3.63) is 72.1 Å². The zero-order valence-electron chi connectivity index (χ0n) is 18.5. The number of hydrogen-bond acceptors (Lipinski definition) is 5. The Morgan fingerprint density at radius 2 is 1.70 bits per heavy atom. The summed E-state index contributed by atoms with van der Waals surface area (Å²) in [6.07, 6.45) is 3.80. The van der Waals surface area contributed by atoms with Gasteiger partial charge in [0, 0.05) is 23.9 Å². The SMILES string of the molecule is CN(C)S(=O)c1ccc(-c2ccc(CC(=O)C3(c4ccc5c(c4)OCO5)CC3)nc2)cc1.O. The third kappa shape index (κ3) is 4.42. The number of aromatic nitrogens is 1. The molecule has 0 radical (unpaired) electrons. The van der Waals surface area contributed by atoms with E-state index >= 15 is 0 Å². The van der Waals surface area contributed by atoms with Gasteiger partial charge in [-0.2, -0.15) is 0 Å². The topological polar surface area (TPSA) is 100 Å². The van der Waals surface area contributed by atoms with Gasteiger partial charge >= 0.3 is 0 Å². The summed E-state index contributed by atoms with van der Waals surface area (Å²) in [7, 11) is 2.40. The molecule has 2 aliphatic rings. The van der Waals surface area contributed by atoms with Crippen molar-refractivity contribution in [2.45, 2.75) is 29.6 Å². The van der Waals surface area contributed by atoms with Crippen LogP contribution in [0.15, 0.2) is 65.7 Å². The molecule has 1 saturated carbocycles. The molecule has 2 aromatic carbocycles. The molecule has 2 heterocycles. The fraction of sp³-hybridized carbons (Fsp3) is 0.280. The number of carbonyl (C=O) groups excluding carboxylic acids is 1. The van der Waals surface area contributed by atoms with Crippen molar-refractivity contribution in [1.29, 1.82) is 0 Å². The van der Waals surface area contributed by atoms with E-state index in [1.807, 2.05) is 54.6 Å². The molecule has 1 aliphatic carbocycles. The first-order chi connectivity index (χ1) is 15.5. The molecule has 172 valence electrons. The van der Waals surface area contributed by atoms with Crippen molar-refractivity contribution in [2.24, 2.45) is 0 Å². The number of nitrogens with zero attached hydrogens (tertiary/aromatic N) is 2.